The van der Waals surface area contributed by atoms with Crippen LogP contribution in [0.2, 0.25) is 0 Å². The summed E-state index contributed by atoms with van der Waals surface area (Å²) in [5.41, 5.74) is 4.43. The van der Waals surface area contributed by atoms with Crippen molar-refractivity contribution < 1.29 is 19.1 Å². The molecule has 0 aliphatic heterocycles. The van der Waals surface area contributed by atoms with Gasteiger partial charge >= 0.3 is 0 Å². The van der Waals surface area contributed by atoms with Gasteiger partial charge in [-0.05, 0) is 73.2 Å². The fraction of sp³-hybridized carbons (Fsp3) is 0.379. The van der Waals surface area contributed by atoms with Crippen LogP contribution in [0.15, 0.2) is 48.8 Å². The zero-order valence-electron chi connectivity index (χ0n) is 21.6. The Morgan fingerprint density at radius 3 is 1.59 bits per heavy atom. The average molecular weight is 505 g/mol. The second kappa shape index (κ2) is 12.9. The molecule has 0 saturated carbocycles. The Balaban J connectivity index is 1.07. The van der Waals surface area contributed by atoms with Crippen molar-refractivity contribution in [1.82, 2.24) is 20.6 Å². The molecule has 8 nitrogen and oxygen atoms in total. The topological polar surface area (TPSA) is 108 Å². The van der Waals surface area contributed by atoms with Crippen molar-refractivity contribution in [3.05, 3.63) is 59.9 Å². The number of carbonyl (C=O) groups excluding carboxylic acids is 2. The van der Waals surface area contributed by atoms with Crippen LogP contribution in [0, 0.1) is 0 Å². The van der Waals surface area contributed by atoms with Gasteiger partial charge in [0.2, 0.25) is 11.8 Å². The van der Waals surface area contributed by atoms with E-state index >= 15 is 0 Å². The number of nitrogens with one attached hydrogen (secondary N) is 4. The summed E-state index contributed by atoms with van der Waals surface area (Å²) in [6.07, 6.45) is 8.85. The van der Waals surface area contributed by atoms with Crippen molar-refractivity contribution in [3.63, 3.8) is 0 Å². The minimum atomic E-state index is 0.0530. The molecule has 4 aromatic rings. The van der Waals surface area contributed by atoms with Gasteiger partial charge in [0.25, 0.3) is 0 Å². The fourth-order valence-electron chi connectivity index (χ4n) is 4.58. The summed E-state index contributed by atoms with van der Waals surface area (Å²) in [6.45, 7) is 1.18. The number of ether oxygens (including phenoxy) is 2. The van der Waals surface area contributed by atoms with Crippen molar-refractivity contribution in [1.29, 1.82) is 0 Å². The molecule has 2 amide bonds. The van der Waals surface area contributed by atoms with Crippen LogP contribution in [0.4, 0.5) is 0 Å². The quantitative estimate of drug-likeness (QED) is 0.188. The first-order chi connectivity index (χ1) is 18.1. The number of methoxy groups -OCH3 is 2. The van der Waals surface area contributed by atoms with Gasteiger partial charge in [0.15, 0.2) is 0 Å². The average Bonchev–Trinajstić information content (AvgIpc) is 3.51. The van der Waals surface area contributed by atoms with Gasteiger partial charge in [-0.25, -0.2) is 0 Å². The van der Waals surface area contributed by atoms with Crippen LogP contribution in [-0.4, -0.2) is 49.1 Å². The van der Waals surface area contributed by atoms with Gasteiger partial charge in [0.05, 0.1) is 14.2 Å². The molecule has 0 saturated heterocycles. The predicted molar refractivity (Wildman–Crippen MR) is 146 cm³/mol. The zero-order valence-corrected chi connectivity index (χ0v) is 21.6. The number of unbranched alkanes of at least 4 members (excludes halogenated alkanes) is 2. The van der Waals surface area contributed by atoms with Gasteiger partial charge in [-0.1, -0.05) is 6.42 Å². The molecule has 196 valence electrons. The molecule has 8 heteroatoms. The highest BCUT2D eigenvalue weighted by atomic mass is 16.5. The lowest BCUT2D eigenvalue weighted by Gasteiger charge is -2.07. The largest absolute Gasteiger partial charge is 0.497 e. The SMILES string of the molecule is COc1ccc2[nH]cc(CCNC(=O)CCCCCC(=O)NCCc3c[nH]c4ccc(OC)cc34)c2c1. The van der Waals surface area contributed by atoms with Gasteiger partial charge in [-0.2, -0.15) is 0 Å². The lowest BCUT2D eigenvalue weighted by Crippen LogP contribution is -2.26. The summed E-state index contributed by atoms with van der Waals surface area (Å²) in [7, 11) is 3.31. The third-order valence-electron chi connectivity index (χ3n) is 6.69. The van der Waals surface area contributed by atoms with Crippen molar-refractivity contribution in [2.24, 2.45) is 0 Å². The van der Waals surface area contributed by atoms with Crippen LogP contribution in [0.1, 0.15) is 43.2 Å². The van der Waals surface area contributed by atoms with Gasteiger partial charge in [0.1, 0.15) is 11.5 Å². The number of hydrogen-bond donors (Lipinski definition) is 4. The van der Waals surface area contributed by atoms with E-state index in [1.165, 1.54) is 0 Å². The van der Waals surface area contributed by atoms with Crippen LogP contribution in [0.3, 0.4) is 0 Å². The molecule has 4 rings (SSSR count). The number of hydrogen-bond acceptors (Lipinski definition) is 4. The fourth-order valence-corrected chi connectivity index (χ4v) is 4.58. The standard InChI is InChI=1S/C29H36N4O4/c1-36-22-8-10-26-24(16-22)20(18-32-26)12-14-30-28(34)6-4-3-5-7-29(35)31-15-13-21-19-33-27-11-9-23(37-2)17-25(21)27/h8-11,16-19,32-33H,3-7,12-15H2,1-2H3,(H,30,34)(H,31,35). The van der Waals surface area contributed by atoms with E-state index in [-0.39, 0.29) is 11.8 Å². The number of aromatic nitrogens is 2. The molecule has 2 aromatic heterocycles. The Bertz CT molecular complexity index is 1240. The molecule has 0 bridgehead atoms. The normalized spacial score (nSPS) is 11.1. The van der Waals surface area contributed by atoms with Crippen LogP contribution < -0.4 is 20.1 Å². The maximum atomic E-state index is 12.2. The van der Waals surface area contributed by atoms with Gasteiger partial charge in [0, 0.05) is 60.1 Å². The predicted octanol–water partition coefficient (Wildman–Crippen LogP) is 4.63. The Hall–Kier alpha value is -3.94. The van der Waals surface area contributed by atoms with Crippen molar-refractivity contribution >= 4 is 33.6 Å². The Kier molecular flexibility index (Phi) is 9.08. The van der Waals surface area contributed by atoms with E-state index in [4.69, 9.17) is 9.47 Å². The van der Waals surface area contributed by atoms with Gasteiger partial charge in [-0.15, -0.1) is 0 Å². The third-order valence-corrected chi connectivity index (χ3v) is 6.69. The van der Waals surface area contributed by atoms with E-state index in [1.807, 2.05) is 48.8 Å². The molecule has 0 aliphatic carbocycles. The molecule has 0 atom stereocenters. The van der Waals surface area contributed by atoms with Gasteiger partial charge < -0.3 is 30.1 Å². The lowest BCUT2D eigenvalue weighted by atomic mass is 10.1. The van der Waals surface area contributed by atoms with E-state index in [0.717, 1.165) is 76.5 Å². The molecule has 0 spiro atoms. The number of H-pyrrole nitrogens is 2. The van der Waals surface area contributed by atoms with E-state index in [9.17, 15) is 9.59 Å². The summed E-state index contributed by atoms with van der Waals surface area (Å²) in [5, 5.41) is 8.24. The van der Waals surface area contributed by atoms with Crippen LogP contribution in [0.25, 0.3) is 21.8 Å². The second-order valence-electron chi connectivity index (χ2n) is 9.21. The summed E-state index contributed by atoms with van der Waals surface area (Å²) in [4.78, 5) is 30.9. The van der Waals surface area contributed by atoms with E-state index < -0.39 is 0 Å². The molecular weight excluding hydrogens is 468 g/mol. The number of fused-ring (bicyclic) bond motifs is 2. The van der Waals surface area contributed by atoms with Crippen molar-refractivity contribution in [2.75, 3.05) is 27.3 Å². The van der Waals surface area contributed by atoms with E-state index in [1.54, 1.807) is 14.2 Å². The summed E-state index contributed by atoms with van der Waals surface area (Å²) < 4.78 is 10.6. The summed E-state index contributed by atoms with van der Waals surface area (Å²) in [5.74, 6) is 1.75. The molecule has 0 aliphatic rings. The molecule has 2 heterocycles. The van der Waals surface area contributed by atoms with Crippen molar-refractivity contribution in [2.45, 2.75) is 44.9 Å². The smallest absolute Gasteiger partial charge is 0.220 e. The Morgan fingerprint density at radius 2 is 1.16 bits per heavy atom. The van der Waals surface area contributed by atoms with Crippen LogP contribution in [0.5, 0.6) is 11.5 Å². The molecule has 0 radical (unpaired) electrons. The second-order valence-corrected chi connectivity index (χ2v) is 9.21. The van der Waals surface area contributed by atoms with Crippen LogP contribution in [-0.2, 0) is 22.4 Å². The lowest BCUT2D eigenvalue weighted by molar-refractivity contribution is -0.121. The van der Waals surface area contributed by atoms with E-state index in [0.29, 0.717) is 25.9 Å². The molecule has 37 heavy (non-hydrogen) atoms. The first-order valence-corrected chi connectivity index (χ1v) is 12.9. The van der Waals surface area contributed by atoms with Crippen LogP contribution >= 0.6 is 0 Å². The first-order valence-electron chi connectivity index (χ1n) is 12.9. The number of rotatable bonds is 14. The minimum Gasteiger partial charge on any atom is -0.497 e. The molecular formula is C29H36N4O4. The molecule has 2 aromatic carbocycles. The number of amides is 2. The Labute approximate surface area is 217 Å². The monoisotopic (exact) mass is 504 g/mol. The zero-order chi connectivity index (χ0) is 26.0. The van der Waals surface area contributed by atoms with Gasteiger partial charge in [-0.3, -0.25) is 9.59 Å². The highest BCUT2D eigenvalue weighted by Gasteiger charge is 2.08. The number of carbonyl (C=O) groups is 2. The highest BCUT2D eigenvalue weighted by molar-refractivity contribution is 5.85. The van der Waals surface area contributed by atoms with Crippen molar-refractivity contribution in [3.8, 4) is 11.5 Å². The number of benzene rings is 2. The molecule has 4 N–H and O–H groups in total. The minimum absolute atomic E-state index is 0.0530. The summed E-state index contributed by atoms with van der Waals surface area (Å²) >= 11 is 0. The van der Waals surface area contributed by atoms with E-state index in [2.05, 4.69) is 20.6 Å². The first kappa shape index (κ1) is 26.1. The number of aromatic amines is 2. The third kappa shape index (κ3) is 7.06. The molecule has 0 unspecified atom stereocenters. The maximum Gasteiger partial charge on any atom is 0.220 e. The Morgan fingerprint density at radius 1 is 0.703 bits per heavy atom. The molecule has 0 fully saturated rings. The highest BCUT2D eigenvalue weighted by Crippen LogP contribution is 2.24. The maximum absolute atomic E-state index is 12.2. The summed E-state index contributed by atoms with van der Waals surface area (Å²) in [6, 6.07) is 11.9.